The van der Waals surface area contributed by atoms with E-state index in [2.05, 4.69) is 37.5 Å². The van der Waals surface area contributed by atoms with Crippen LogP contribution in [0.15, 0.2) is 18.2 Å². The summed E-state index contributed by atoms with van der Waals surface area (Å²) in [6, 6.07) is 8.72. The van der Waals surface area contributed by atoms with Crippen molar-refractivity contribution in [2.45, 2.75) is 76.4 Å². The molecule has 1 aromatic carbocycles. The average Bonchev–Trinajstić information content (AvgIpc) is 2.99. The number of rotatable bonds is 3. The van der Waals surface area contributed by atoms with Crippen molar-refractivity contribution in [1.29, 1.82) is 0 Å². The number of aromatic nitrogens is 2. The second-order valence-corrected chi connectivity index (χ2v) is 10.0. The summed E-state index contributed by atoms with van der Waals surface area (Å²) in [7, 11) is 0. The maximum atomic E-state index is 5.10. The first-order valence-corrected chi connectivity index (χ1v) is 12.6. The van der Waals surface area contributed by atoms with Crippen molar-refractivity contribution in [3.8, 4) is 0 Å². The number of piperidine rings is 2. The third-order valence-electron chi connectivity index (χ3n) is 8.37. The first-order chi connectivity index (χ1) is 14.8. The third kappa shape index (κ3) is 3.54. The molecule has 2 aromatic rings. The van der Waals surface area contributed by atoms with Crippen LogP contribution < -0.4 is 4.90 Å². The number of nitrogens with zero attached hydrogens (tertiary/aromatic N) is 5. The van der Waals surface area contributed by atoms with Crippen molar-refractivity contribution in [3.63, 3.8) is 0 Å². The van der Waals surface area contributed by atoms with Crippen LogP contribution in [0.2, 0.25) is 0 Å². The minimum atomic E-state index is 0.813. The molecule has 0 radical (unpaired) electrons. The van der Waals surface area contributed by atoms with Crippen LogP contribution in [0.3, 0.4) is 0 Å². The minimum absolute atomic E-state index is 0.813. The highest BCUT2D eigenvalue weighted by molar-refractivity contribution is 5.80. The van der Waals surface area contributed by atoms with Gasteiger partial charge < -0.3 is 14.4 Å². The van der Waals surface area contributed by atoms with Gasteiger partial charge >= 0.3 is 0 Å². The van der Waals surface area contributed by atoms with Gasteiger partial charge in [0.2, 0.25) is 0 Å². The van der Waals surface area contributed by atoms with Gasteiger partial charge in [0.25, 0.3) is 0 Å². The quantitative estimate of drug-likeness (QED) is 0.771. The Hall–Kier alpha value is -1.59. The lowest BCUT2D eigenvalue weighted by atomic mass is 9.91. The number of hydrogen-bond acceptors (Lipinski definition) is 4. The summed E-state index contributed by atoms with van der Waals surface area (Å²) < 4.78 is 2.50. The molecule has 30 heavy (non-hydrogen) atoms. The van der Waals surface area contributed by atoms with Gasteiger partial charge in [-0.15, -0.1) is 0 Å². The zero-order chi connectivity index (χ0) is 19.9. The Morgan fingerprint density at radius 1 is 0.700 bits per heavy atom. The van der Waals surface area contributed by atoms with Gasteiger partial charge in [-0.25, -0.2) is 4.98 Å². The zero-order valence-electron chi connectivity index (χ0n) is 18.4. The van der Waals surface area contributed by atoms with Gasteiger partial charge in [0.15, 0.2) is 0 Å². The number of benzene rings is 1. The molecular formula is C25H37N5. The fraction of sp³-hybridized carbons (Fsp3) is 0.720. The second-order valence-electron chi connectivity index (χ2n) is 10.0. The predicted molar refractivity (Wildman–Crippen MR) is 123 cm³/mol. The highest BCUT2D eigenvalue weighted by atomic mass is 15.2. The molecule has 3 aliphatic heterocycles. The summed E-state index contributed by atoms with van der Waals surface area (Å²) in [4.78, 5) is 13.2. The zero-order valence-corrected chi connectivity index (χ0v) is 18.4. The number of imidazole rings is 1. The van der Waals surface area contributed by atoms with E-state index in [0.29, 0.717) is 0 Å². The minimum Gasteiger partial charge on any atom is -0.371 e. The van der Waals surface area contributed by atoms with E-state index in [1.165, 1.54) is 113 Å². The van der Waals surface area contributed by atoms with E-state index in [9.17, 15) is 0 Å². The molecule has 4 heterocycles. The molecule has 1 aromatic heterocycles. The summed E-state index contributed by atoms with van der Waals surface area (Å²) >= 11 is 0. The van der Waals surface area contributed by atoms with E-state index >= 15 is 0 Å². The Balaban J connectivity index is 1.14. The Kier molecular flexibility index (Phi) is 5.20. The summed E-state index contributed by atoms with van der Waals surface area (Å²) in [6.07, 6.45) is 12.2. The van der Waals surface area contributed by atoms with E-state index in [-0.39, 0.29) is 0 Å². The third-order valence-corrected chi connectivity index (χ3v) is 8.37. The molecular weight excluding hydrogens is 370 g/mol. The summed E-state index contributed by atoms with van der Waals surface area (Å²) in [5.41, 5.74) is 3.93. The van der Waals surface area contributed by atoms with Gasteiger partial charge in [0, 0.05) is 56.9 Å². The van der Waals surface area contributed by atoms with Crippen molar-refractivity contribution < 1.29 is 0 Å². The molecule has 5 heteroatoms. The summed E-state index contributed by atoms with van der Waals surface area (Å²) in [6.45, 7) is 8.51. The van der Waals surface area contributed by atoms with Crippen LogP contribution in [-0.2, 0) is 13.0 Å². The lowest BCUT2D eigenvalue weighted by Gasteiger charge is -2.41. The van der Waals surface area contributed by atoms with Crippen molar-refractivity contribution >= 4 is 16.7 Å². The Morgan fingerprint density at radius 3 is 2.23 bits per heavy atom. The molecule has 1 aliphatic carbocycles. The molecule has 0 unspecified atom stereocenters. The largest absolute Gasteiger partial charge is 0.371 e. The molecule has 5 nitrogen and oxygen atoms in total. The molecule has 0 atom stereocenters. The summed E-state index contributed by atoms with van der Waals surface area (Å²) in [5.74, 6) is 1.30. The number of likely N-dealkylation sites (tertiary alicyclic amines) is 1. The van der Waals surface area contributed by atoms with Gasteiger partial charge in [-0.2, -0.15) is 0 Å². The predicted octanol–water partition coefficient (Wildman–Crippen LogP) is 3.90. The highest BCUT2D eigenvalue weighted by Gasteiger charge is 2.28. The second kappa shape index (κ2) is 8.16. The molecule has 4 aliphatic rings. The standard InChI is InChI=1S/C25H37N5/c1-2-12-27(13-3-1)21-9-14-28(15-10-21)22-7-8-24-23(19-22)26-25-11-16-29(17-18-30(24)25)20-5-4-6-20/h7-8,19-21H,1-6,9-18H2. The van der Waals surface area contributed by atoms with Crippen LogP contribution in [0.4, 0.5) is 5.69 Å². The van der Waals surface area contributed by atoms with Crippen LogP contribution in [0, 0.1) is 0 Å². The molecule has 162 valence electrons. The maximum absolute atomic E-state index is 5.10. The lowest BCUT2D eigenvalue weighted by Crippen LogP contribution is -2.46. The average molecular weight is 408 g/mol. The lowest BCUT2D eigenvalue weighted by molar-refractivity contribution is 0.130. The fourth-order valence-electron chi connectivity index (χ4n) is 6.28. The molecule has 0 amide bonds. The maximum Gasteiger partial charge on any atom is 0.111 e. The Morgan fingerprint density at radius 2 is 1.47 bits per heavy atom. The van der Waals surface area contributed by atoms with Crippen LogP contribution >= 0.6 is 0 Å². The molecule has 2 saturated heterocycles. The van der Waals surface area contributed by atoms with E-state index in [1.807, 2.05) is 0 Å². The van der Waals surface area contributed by atoms with E-state index in [4.69, 9.17) is 4.98 Å². The van der Waals surface area contributed by atoms with Crippen LogP contribution in [0.5, 0.6) is 0 Å². The van der Waals surface area contributed by atoms with Gasteiger partial charge in [-0.3, -0.25) is 4.90 Å². The van der Waals surface area contributed by atoms with Gasteiger partial charge in [0.05, 0.1) is 11.0 Å². The van der Waals surface area contributed by atoms with Gasteiger partial charge in [-0.1, -0.05) is 12.8 Å². The molecule has 0 N–H and O–H groups in total. The van der Waals surface area contributed by atoms with Crippen molar-refractivity contribution in [2.24, 2.45) is 0 Å². The Labute approximate surface area is 181 Å². The number of fused-ring (bicyclic) bond motifs is 3. The van der Waals surface area contributed by atoms with E-state index in [1.54, 1.807) is 0 Å². The SMILES string of the molecule is c1cc2c(cc1N1CCC(N3CCCCC3)CC1)nc1n2CCN(C2CCC2)CC1. The first kappa shape index (κ1) is 19.1. The summed E-state index contributed by atoms with van der Waals surface area (Å²) in [5, 5.41) is 0. The van der Waals surface area contributed by atoms with Gasteiger partial charge in [0.1, 0.15) is 5.82 Å². The monoisotopic (exact) mass is 407 g/mol. The number of anilines is 1. The van der Waals surface area contributed by atoms with Crippen molar-refractivity contribution in [3.05, 3.63) is 24.0 Å². The van der Waals surface area contributed by atoms with E-state index in [0.717, 1.165) is 25.0 Å². The smallest absolute Gasteiger partial charge is 0.111 e. The Bertz CT molecular complexity index is 871. The van der Waals surface area contributed by atoms with E-state index < -0.39 is 0 Å². The molecule has 0 spiro atoms. The normalized spacial score (nSPS) is 25.3. The molecule has 0 bridgehead atoms. The van der Waals surface area contributed by atoms with Crippen molar-refractivity contribution in [1.82, 2.24) is 19.4 Å². The first-order valence-electron chi connectivity index (χ1n) is 12.6. The van der Waals surface area contributed by atoms with Gasteiger partial charge in [-0.05, 0) is 69.8 Å². The molecule has 3 fully saturated rings. The van der Waals surface area contributed by atoms with Crippen LogP contribution in [0.1, 0.15) is 57.2 Å². The topological polar surface area (TPSA) is 27.5 Å². The van der Waals surface area contributed by atoms with Crippen molar-refractivity contribution in [2.75, 3.05) is 44.2 Å². The fourth-order valence-corrected chi connectivity index (χ4v) is 6.28. The van der Waals surface area contributed by atoms with Crippen LogP contribution in [0.25, 0.3) is 11.0 Å². The number of hydrogen-bond donors (Lipinski definition) is 0. The van der Waals surface area contributed by atoms with Crippen LogP contribution in [-0.4, -0.2) is 70.7 Å². The highest BCUT2D eigenvalue weighted by Crippen LogP contribution is 2.30. The molecule has 6 rings (SSSR count). The molecule has 1 saturated carbocycles.